The van der Waals surface area contributed by atoms with E-state index in [9.17, 15) is 13.6 Å². The summed E-state index contributed by atoms with van der Waals surface area (Å²) >= 11 is 0. The summed E-state index contributed by atoms with van der Waals surface area (Å²) in [5, 5.41) is 14.6. The molecule has 11 nitrogen and oxygen atoms in total. The van der Waals surface area contributed by atoms with Crippen molar-refractivity contribution in [3.8, 4) is 22.8 Å². The second-order valence-electron chi connectivity index (χ2n) is 10.7. The third kappa shape index (κ3) is 6.07. The quantitative estimate of drug-likeness (QED) is 0.203. The molecule has 0 unspecified atom stereocenters. The summed E-state index contributed by atoms with van der Waals surface area (Å²) in [6.45, 7) is 6.61. The van der Waals surface area contributed by atoms with Crippen molar-refractivity contribution in [3.05, 3.63) is 48.5 Å². The summed E-state index contributed by atoms with van der Waals surface area (Å²) in [6, 6.07) is 5.71. The number of anilines is 2. The highest BCUT2D eigenvalue weighted by Gasteiger charge is 2.26. The minimum atomic E-state index is -3.08. The number of hydrogen-bond acceptors (Lipinski definition) is 8. The highest BCUT2D eigenvalue weighted by Crippen LogP contribution is 2.43. The molecule has 40 heavy (non-hydrogen) atoms. The zero-order valence-corrected chi connectivity index (χ0v) is 23.6. The number of aromatic nitrogens is 5. The second-order valence-corrected chi connectivity index (χ2v) is 16.3. The van der Waals surface area contributed by atoms with Crippen LogP contribution in [0.4, 0.5) is 20.2 Å². The Bertz CT molecular complexity index is 1520. The molecule has 4 heterocycles. The Labute approximate surface area is 230 Å². The fourth-order valence-corrected chi connectivity index (χ4v) is 5.01. The molecule has 1 aliphatic heterocycles. The Hall–Kier alpha value is -4.04. The van der Waals surface area contributed by atoms with E-state index in [1.807, 2.05) is 6.92 Å². The third-order valence-corrected chi connectivity index (χ3v) is 7.99. The molecule has 0 saturated carbocycles. The predicted octanol–water partition coefficient (Wildman–Crippen LogP) is 4.95. The number of ether oxygens (including phenoxy) is 3. The van der Waals surface area contributed by atoms with Gasteiger partial charge in [0.25, 0.3) is 5.91 Å². The summed E-state index contributed by atoms with van der Waals surface area (Å²) < 4.78 is 46.9. The molecule has 3 aromatic heterocycles. The Balaban J connectivity index is 1.55. The van der Waals surface area contributed by atoms with Crippen LogP contribution in [0, 0.1) is 0 Å². The zero-order chi connectivity index (χ0) is 28.4. The van der Waals surface area contributed by atoms with E-state index in [0.29, 0.717) is 35.9 Å². The molecule has 1 atom stereocenters. The number of alkyl halides is 2. The summed E-state index contributed by atoms with van der Waals surface area (Å²) in [5.74, 6) is -0.127. The molecule has 0 fully saturated rings. The summed E-state index contributed by atoms with van der Waals surface area (Å²) in [7, 11) is -1.35. The normalized spacial score (nSPS) is 15.0. The van der Waals surface area contributed by atoms with Crippen molar-refractivity contribution >= 4 is 31.0 Å². The first kappa shape index (κ1) is 27.5. The van der Waals surface area contributed by atoms with Gasteiger partial charge in [-0.25, -0.2) is 14.2 Å². The van der Waals surface area contributed by atoms with Gasteiger partial charge in [-0.2, -0.15) is 19.0 Å². The number of rotatable bonds is 10. The van der Waals surface area contributed by atoms with E-state index in [4.69, 9.17) is 14.2 Å². The lowest BCUT2D eigenvalue weighted by Crippen LogP contribution is -2.27. The predicted molar refractivity (Wildman–Crippen MR) is 148 cm³/mol. The average Bonchev–Trinajstić information content (AvgIpc) is 3.49. The van der Waals surface area contributed by atoms with Crippen molar-refractivity contribution in [2.24, 2.45) is 0 Å². The number of hydrogen-bond donors (Lipinski definition) is 2. The lowest BCUT2D eigenvalue weighted by Gasteiger charge is -2.26. The maximum absolute atomic E-state index is 13.5. The van der Waals surface area contributed by atoms with Gasteiger partial charge in [0, 0.05) is 38.7 Å². The van der Waals surface area contributed by atoms with Gasteiger partial charge < -0.3 is 24.8 Å². The van der Waals surface area contributed by atoms with Crippen molar-refractivity contribution < 1.29 is 27.8 Å². The highest BCUT2D eigenvalue weighted by molar-refractivity contribution is 6.76. The Morgan fingerprint density at radius 3 is 2.88 bits per heavy atom. The molecule has 1 aliphatic rings. The zero-order valence-electron chi connectivity index (χ0n) is 22.6. The van der Waals surface area contributed by atoms with Gasteiger partial charge in [-0.05, 0) is 25.1 Å². The smallest absolute Gasteiger partial charge is 0.387 e. The van der Waals surface area contributed by atoms with Crippen molar-refractivity contribution in [1.82, 2.24) is 24.4 Å². The van der Waals surface area contributed by atoms with Crippen molar-refractivity contribution in [2.75, 3.05) is 23.8 Å². The molecule has 5 rings (SSSR count). The first-order valence-corrected chi connectivity index (χ1v) is 16.6. The molecule has 212 valence electrons. The van der Waals surface area contributed by atoms with Crippen LogP contribution in [-0.2, 0) is 11.5 Å². The van der Waals surface area contributed by atoms with E-state index in [2.05, 4.69) is 45.5 Å². The van der Waals surface area contributed by atoms with Crippen LogP contribution in [0.25, 0.3) is 16.9 Å². The molecule has 0 spiro atoms. The first-order chi connectivity index (χ1) is 19.1. The van der Waals surface area contributed by atoms with Gasteiger partial charge in [0.2, 0.25) is 0 Å². The lowest BCUT2D eigenvalue weighted by atomic mass is 10.1. The lowest BCUT2D eigenvalue weighted by molar-refractivity contribution is -0.0495. The summed E-state index contributed by atoms with van der Waals surface area (Å²) in [4.78, 5) is 17.6. The van der Waals surface area contributed by atoms with Crippen LogP contribution in [0.1, 0.15) is 17.3 Å². The molecule has 0 radical (unpaired) electrons. The van der Waals surface area contributed by atoms with Gasteiger partial charge in [0.05, 0.1) is 36.0 Å². The Morgan fingerprint density at radius 2 is 2.10 bits per heavy atom. The molecule has 1 aromatic carbocycles. The first-order valence-electron chi connectivity index (χ1n) is 12.9. The van der Waals surface area contributed by atoms with Crippen molar-refractivity contribution in [2.45, 2.75) is 52.1 Å². The van der Waals surface area contributed by atoms with Crippen LogP contribution in [0.3, 0.4) is 0 Å². The van der Waals surface area contributed by atoms with Crippen molar-refractivity contribution in [3.63, 3.8) is 0 Å². The van der Waals surface area contributed by atoms with Gasteiger partial charge in [-0.1, -0.05) is 19.6 Å². The maximum atomic E-state index is 13.5. The molecule has 0 saturated heterocycles. The molecular weight excluding hydrogens is 540 g/mol. The number of nitrogens with one attached hydrogen (secondary N) is 2. The van der Waals surface area contributed by atoms with E-state index in [-0.39, 0.29) is 35.4 Å². The Morgan fingerprint density at radius 1 is 1.27 bits per heavy atom. The number of amides is 1. The van der Waals surface area contributed by atoms with Gasteiger partial charge in [-0.3, -0.25) is 4.79 Å². The molecule has 2 N–H and O–H groups in total. The minimum Gasteiger partial charge on any atom is -0.487 e. The fraction of sp³-hybridized carbons (Fsp3) is 0.385. The number of benzene rings is 1. The maximum Gasteiger partial charge on any atom is 0.387 e. The standard InChI is InChI=1S/C26H31F2N7O4Si/c1-16-12-30-19-11-21(39-26(27)28)17(10-22(19)38-16)23-20(14-32-35(23)15-37-8-9-40(2,3)4)33-25(36)18-13-31-34-7-5-6-29-24(18)34/h5-7,10-11,13-14,16,26,30H,8-9,12,15H2,1-4H3,(H,33,36)/t16-/m0/s1. The number of halogens is 2. The van der Waals surface area contributed by atoms with Crippen LogP contribution in [-0.4, -0.2) is 64.2 Å². The van der Waals surface area contributed by atoms with E-state index in [1.54, 1.807) is 24.5 Å². The monoisotopic (exact) mass is 571 g/mol. The van der Waals surface area contributed by atoms with Crippen LogP contribution in [0.15, 0.2) is 43.0 Å². The van der Waals surface area contributed by atoms with Crippen LogP contribution >= 0.6 is 0 Å². The number of carbonyl (C=O) groups excluding carboxylic acids is 1. The van der Waals surface area contributed by atoms with Crippen molar-refractivity contribution in [1.29, 1.82) is 0 Å². The van der Waals surface area contributed by atoms with E-state index >= 15 is 0 Å². The number of fused-ring (bicyclic) bond motifs is 2. The van der Waals surface area contributed by atoms with Crippen LogP contribution < -0.4 is 20.1 Å². The number of nitrogens with zero attached hydrogens (tertiary/aromatic N) is 5. The summed E-state index contributed by atoms with van der Waals surface area (Å²) in [6.07, 6.45) is 5.95. The minimum absolute atomic E-state index is 0.0364. The highest BCUT2D eigenvalue weighted by atomic mass is 28.3. The van der Waals surface area contributed by atoms with Crippen LogP contribution in [0.5, 0.6) is 11.5 Å². The molecule has 0 aliphatic carbocycles. The van der Waals surface area contributed by atoms with Gasteiger partial charge in [-0.15, -0.1) is 0 Å². The third-order valence-electron chi connectivity index (χ3n) is 6.28. The largest absolute Gasteiger partial charge is 0.487 e. The molecular formula is C26H31F2N7O4Si. The van der Waals surface area contributed by atoms with Gasteiger partial charge in [0.1, 0.15) is 29.9 Å². The van der Waals surface area contributed by atoms with Gasteiger partial charge in [0.15, 0.2) is 5.65 Å². The average molecular weight is 572 g/mol. The molecule has 4 aromatic rings. The van der Waals surface area contributed by atoms with E-state index in [1.165, 1.54) is 27.7 Å². The van der Waals surface area contributed by atoms with Gasteiger partial charge >= 0.3 is 6.61 Å². The number of carbonyl (C=O) groups is 1. The topological polar surface area (TPSA) is 117 Å². The molecule has 0 bridgehead atoms. The SMILES string of the molecule is C[C@H]1CNc2cc(OC(F)F)c(-c3c(NC(=O)c4cnn5cccnc45)cnn3COCC[Si](C)(C)C)cc2O1. The summed E-state index contributed by atoms with van der Waals surface area (Å²) in [5.41, 5.74) is 1.98. The molecule has 1 amide bonds. The van der Waals surface area contributed by atoms with E-state index < -0.39 is 20.6 Å². The molecule has 14 heteroatoms. The van der Waals surface area contributed by atoms with E-state index in [0.717, 1.165) is 6.04 Å². The second kappa shape index (κ2) is 11.2. The fourth-order valence-electron chi connectivity index (χ4n) is 4.25. The van der Waals surface area contributed by atoms with Crippen LogP contribution in [0.2, 0.25) is 25.7 Å². The Kier molecular flexibility index (Phi) is 7.71.